The van der Waals surface area contributed by atoms with E-state index in [2.05, 4.69) is 6.92 Å². The van der Waals surface area contributed by atoms with Crippen LogP contribution in [0.4, 0.5) is 0 Å². The maximum atomic E-state index is 11.4. The Kier molecular flexibility index (Phi) is 3.04. The molecule has 12 heavy (non-hydrogen) atoms. The molecule has 0 bridgehead atoms. The number of hydrogen-bond acceptors (Lipinski definition) is 2. The van der Waals surface area contributed by atoms with Gasteiger partial charge in [0.2, 0.25) is 0 Å². The average Bonchev–Trinajstić information content (AvgIpc) is 2.03. The van der Waals surface area contributed by atoms with Crippen LogP contribution in [0.2, 0.25) is 0 Å². The van der Waals surface area contributed by atoms with Gasteiger partial charge in [0.1, 0.15) is 0 Å². The molecular formula is C10H16O2. The zero-order valence-corrected chi connectivity index (χ0v) is 7.76. The van der Waals surface area contributed by atoms with Gasteiger partial charge in [-0.1, -0.05) is 6.92 Å². The number of carbonyl (C=O) groups is 1. The van der Waals surface area contributed by atoms with Crippen LogP contribution >= 0.6 is 0 Å². The van der Waals surface area contributed by atoms with Gasteiger partial charge in [-0.05, 0) is 36.8 Å². The van der Waals surface area contributed by atoms with E-state index in [1.165, 1.54) is 0 Å². The molecule has 0 saturated heterocycles. The molecule has 1 atom stereocenters. The minimum atomic E-state index is 0.0233. The highest BCUT2D eigenvalue weighted by atomic mass is 16.3. The normalized spacial score (nSPS) is 28.9. The van der Waals surface area contributed by atoms with Crippen LogP contribution in [-0.4, -0.2) is 17.5 Å². The molecule has 1 aliphatic carbocycles. The number of aliphatic hydroxyl groups excluding tert-OH is 1. The molecule has 0 amide bonds. The summed E-state index contributed by atoms with van der Waals surface area (Å²) in [4.78, 5) is 11.4. The standard InChI is InChI=1S/C10H16O2/c1-7-3-4-9(8(2)6-11)10(12)5-7/h7,11H,3-6H2,1-2H3/b9-8+/t7-/m1/s1. The van der Waals surface area contributed by atoms with Crippen LogP contribution in [-0.2, 0) is 4.79 Å². The molecule has 1 aliphatic rings. The second kappa shape index (κ2) is 3.85. The highest BCUT2D eigenvalue weighted by Gasteiger charge is 2.21. The van der Waals surface area contributed by atoms with Crippen LogP contribution in [0.15, 0.2) is 11.1 Å². The van der Waals surface area contributed by atoms with E-state index in [4.69, 9.17) is 5.11 Å². The zero-order valence-electron chi connectivity index (χ0n) is 7.76. The predicted molar refractivity (Wildman–Crippen MR) is 47.8 cm³/mol. The Morgan fingerprint density at radius 2 is 2.33 bits per heavy atom. The van der Waals surface area contributed by atoms with Gasteiger partial charge in [-0.3, -0.25) is 4.79 Å². The molecule has 2 heteroatoms. The van der Waals surface area contributed by atoms with Gasteiger partial charge in [0.25, 0.3) is 0 Å². The van der Waals surface area contributed by atoms with Gasteiger partial charge in [0, 0.05) is 6.42 Å². The van der Waals surface area contributed by atoms with Crippen LogP contribution in [0.25, 0.3) is 0 Å². The van der Waals surface area contributed by atoms with E-state index < -0.39 is 0 Å². The third kappa shape index (κ3) is 1.95. The van der Waals surface area contributed by atoms with Crippen molar-refractivity contribution in [2.24, 2.45) is 5.92 Å². The quantitative estimate of drug-likeness (QED) is 0.605. The van der Waals surface area contributed by atoms with Crippen molar-refractivity contribution in [3.63, 3.8) is 0 Å². The molecule has 1 rings (SSSR count). The summed E-state index contributed by atoms with van der Waals surface area (Å²) in [5.74, 6) is 0.757. The van der Waals surface area contributed by atoms with Crippen molar-refractivity contribution in [2.75, 3.05) is 6.61 Å². The average molecular weight is 168 g/mol. The summed E-state index contributed by atoms with van der Waals surface area (Å²) in [7, 11) is 0. The summed E-state index contributed by atoms with van der Waals surface area (Å²) in [6.45, 7) is 3.96. The fraction of sp³-hybridized carbons (Fsp3) is 0.700. The number of ketones is 1. The van der Waals surface area contributed by atoms with Gasteiger partial charge in [-0.25, -0.2) is 0 Å². The number of allylic oxidation sites excluding steroid dienone is 1. The highest BCUT2D eigenvalue weighted by Crippen LogP contribution is 2.26. The number of carbonyl (C=O) groups excluding carboxylic acids is 1. The fourth-order valence-corrected chi connectivity index (χ4v) is 1.62. The first-order valence-electron chi connectivity index (χ1n) is 4.47. The van der Waals surface area contributed by atoms with Crippen molar-refractivity contribution in [3.05, 3.63) is 11.1 Å². The van der Waals surface area contributed by atoms with E-state index in [1.54, 1.807) is 0 Å². The SMILES string of the molecule is C/C(CO)=C1/CC[C@@H](C)CC1=O. The number of hydrogen-bond donors (Lipinski definition) is 1. The first-order valence-corrected chi connectivity index (χ1v) is 4.47. The van der Waals surface area contributed by atoms with Gasteiger partial charge in [-0.2, -0.15) is 0 Å². The van der Waals surface area contributed by atoms with E-state index in [-0.39, 0.29) is 12.4 Å². The number of aliphatic hydroxyl groups is 1. The van der Waals surface area contributed by atoms with Crippen molar-refractivity contribution in [2.45, 2.75) is 33.1 Å². The largest absolute Gasteiger partial charge is 0.392 e. The van der Waals surface area contributed by atoms with Gasteiger partial charge in [0.15, 0.2) is 5.78 Å². The van der Waals surface area contributed by atoms with Crippen molar-refractivity contribution >= 4 is 5.78 Å². The van der Waals surface area contributed by atoms with Crippen molar-refractivity contribution in [3.8, 4) is 0 Å². The lowest BCUT2D eigenvalue weighted by Gasteiger charge is -2.20. The summed E-state index contributed by atoms with van der Waals surface area (Å²) < 4.78 is 0. The molecule has 0 aromatic heterocycles. The van der Waals surface area contributed by atoms with Gasteiger partial charge < -0.3 is 5.11 Å². The fourth-order valence-electron chi connectivity index (χ4n) is 1.62. The monoisotopic (exact) mass is 168 g/mol. The van der Waals surface area contributed by atoms with Crippen molar-refractivity contribution < 1.29 is 9.90 Å². The summed E-state index contributed by atoms with van der Waals surface area (Å²) in [6.07, 6.45) is 2.59. The lowest BCUT2D eigenvalue weighted by atomic mass is 9.84. The topological polar surface area (TPSA) is 37.3 Å². The smallest absolute Gasteiger partial charge is 0.159 e. The Labute approximate surface area is 73.3 Å². The molecule has 0 aliphatic heterocycles. The van der Waals surface area contributed by atoms with Gasteiger partial charge in [0.05, 0.1) is 6.61 Å². The van der Waals surface area contributed by atoms with E-state index in [0.29, 0.717) is 12.3 Å². The summed E-state index contributed by atoms with van der Waals surface area (Å²) in [6, 6.07) is 0. The molecular weight excluding hydrogens is 152 g/mol. The predicted octanol–water partition coefficient (Wildman–Crippen LogP) is 1.68. The Bertz CT molecular complexity index is 216. The van der Waals surface area contributed by atoms with E-state index in [0.717, 1.165) is 24.0 Å². The van der Waals surface area contributed by atoms with Crippen LogP contribution in [0, 0.1) is 5.92 Å². The molecule has 0 unspecified atom stereocenters. The van der Waals surface area contributed by atoms with Crippen LogP contribution < -0.4 is 0 Å². The first kappa shape index (κ1) is 9.46. The lowest BCUT2D eigenvalue weighted by Crippen LogP contribution is -2.17. The molecule has 68 valence electrons. The molecule has 0 aromatic rings. The maximum absolute atomic E-state index is 11.4. The van der Waals surface area contributed by atoms with Crippen molar-refractivity contribution in [1.82, 2.24) is 0 Å². The Morgan fingerprint density at radius 3 is 2.83 bits per heavy atom. The summed E-state index contributed by atoms with van der Waals surface area (Å²) in [5.41, 5.74) is 1.72. The molecule has 2 nitrogen and oxygen atoms in total. The lowest BCUT2D eigenvalue weighted by molar-refractivity contribution is -0.117. The molecule has 1 fully saturated rings. The first-order chi connectivity index (χ1) is 5.65. The molecule has 1 saturated carbocycles. The minimum Gasteiger partial charge on any atom is -0.392 e. The Balaban J connectivity index is 2.75. The second-order valence-corrected chi connectivity index (χ2v) is 3.69. The van der Waals surface area contributed by atoms with E-state index in [9.17, 15) is 4.79 Å². The Morgan fingerprint density at radius 1 is 1.67 bits per heavy atom. The second-order valence-electron chi connectivity index (χ2n) is 3.69. The van der Waals surface area contributed by atoms with E-state index in [1.807, 2.05) is 6.92 Å². The number of rotatable bonds is 1. The van der Waals surface area contributed by atoms with Gasteiger partial charge >= 0.3 is 0 Å². The van der Waals surface area contributed by atoms with Crippen LogP contribution in [0.3, 0.4) is 0 Å². The molecule has 0 aromatic carbocycles. The van der Waals surface area contributed by atoms with E-state index >= 15 is 0 Å². The summed E-state index contributed by atoms with van der Waals surface area (Å²) >= 11 is 0. The van der Waals surface area contributed by atoms with Crippen LogP contribution in [0.5, 0.6) is 0 Å². The Hall–Kier alpha value is -0.630. The molecule has 0 radical (unpaired) electrons. The molecule has 1 N–H and O–H groups in total. The number of Topliss-reactive ketones (excluding diaryl/α,β-unsaturated/α-hetero) is 1. The zero-order chi connectivity index (χ0) is 9.14. The molecule has 0 spiro atoms. The third-order valence-corrected chi connectivity index (χ3v) is 2.51. The molecule has 0 heterocycles. The maximum Gasteiger partial charge on any atom is 0.159 e. The summed E-state index contributed by atoms with van der Waals surface area (Å²) in [5, 5.41) is 8.86. The third-order valence-electron chi connectivity index (χ3n) is 2.51. The minimum absolute atomic E-state index is 0.0233. The van der Waals surface area contributed by atoms with Gasteiger partial charge in [-0.15, -0.1) is 0 Å². The van der Waals surface area contributed by atoms with Crippen molar-refractivity contribution in [1.29, 1.82) is 0 Å². The highest BCUT2D eigenvalue weighted by molar-refractivity contribution is 5.96. The van der Waals surface area contributed by atoms with Crippen LogP contribution in [0.1, 0.15) is 33.1 Å².